The third-order valence-electron chi connectivity index (χ3n) is 1.62. The molecule has 0 saturated carbocycles. The van der Waals surface area contributed by atoms with Crippen LogP contribution in [0.4, 0.5) is 0 Å². The highest BCUT2D eigenvalue weighted by atomic mass is 15.1. The van der Waals surface area contributed by atoms with E-state index in [1.807, 2.05) is 0 Å². The van der Waals surface area contributed by atoms with Crippen LogP contribution in [0, 0.1) is 0 Å². The quantitative estimate of drug-likeness (QED) is 0.554. The molecule has 0 spiro atoms. The normalized spacial score (nSPS) is 10.8. The van der Waals surface area contributed by atoms with Crippen LogP contribution in [-0.4, -0.2) is 24.5 Å². The summed E-state index contributed by atoms with van der Waals surface area (Å²) >= 11 is 0. The van der Waals surface area contributed by atoms with Gasteiger partial charge in [-0.25, -0.2) is 0 Å². The molecule has 1 radical (unpaired) electrons. The van der Waals surface area contributed by atoms with Gasteiger partial charge in [-0.2, -0.15) is 0 Å². The van der Waals surface area contributed by atoms with Crippen LogP contribution in [0.25, 0.3) is 0 Å². The lowest BCUT2D eigenvalue weighted by molar-refractivity contribution is 0.275. The molecule has 0 amide bonds. The zero-order valence-electron chi connectivity index (χ0n) is 8.69. The predicted molar refractivity (Wildman–Crippen MR) is 48.4 cm³/mol. The Bertz CT molecular complexity index is 52.3. The van der Waals surface area contributed by atoms with Gasteiger partial charge in [0.2, 0.25) is 0 Å². The molecule has 0 aliphatic carbocycles. The monoisotopic (exact) mass is 144 g/mol. The summed E-state index contributed by atoms with van der Waals surface area (Å²) in [4.78, 5) is 2.54. The van der Waals surface area contributed by atoms with Crippen molar-refractivity contribution in [3.05, 3.63) is 0 Å². The molecule has 0 unspecified atom stereocenters. The molecule has 0 aliphatic heterocycles. The predicted octanol–water partition coefficient (Wildman–Crippen LogP) is 2.63. The Morgan fingerprint density at radius 1 is 0.800 bits per heavy atom. The van der Waals surface area contributed by atoms with Crippen molar-refractivity contribution in [3.63, 3.8) is 0 Å². The number of nitrogens with zero attached hydrogens (tertiary/aromatic N) is 1. The molecule has 0 fully saturated rings. The van der Waals surface area contributed by atoms with Crippen LogP contribution >= 0.6 is 0 Å². The van der Waals surface area contributed by atoms with E-state index in [4.69, 9.17) is 0 Å². The highest BCUT2D eigenvalue weighted by Gasteiger charge is 1.98. The van der Waals surface area contributed by atoms with E-state index in [1.54, 1.807) is 0 Å². The molecule has 0 rings (SSSR count). The van der Waals surface area contributed by atoms with Crippen LogP contribution in [0.1, 0.15) is 41.5 Å². The van der Waals surface area contributed by atoms with E-state index in [2.05, 4.69) is 25.7 Å². The van der Waals surface area contributed by atoms with Crippen LogP contribution in [0.5, 0.6) is 0 Å². The fourth-order valence-electron chi connectivity index (χ4n) is 1.28. The van der Waals surface area contributed by atoms with Crippen molar-refractivity contribution in [2.24, 2.45) is 0 Å². The van der Waals surface area contributed by atoms with Crippen LogP contribution in [0.2, 0.25) is 0 Å². The van der Waals surface area contributed by atoms with Crippen molar-refractivity contribution < 1.29 is 1.43 Å². The van der Waals surface area contributed by atoms with Crippen molar-refractivity contribution in [2.75, 3.05) is 19.6 Å². The van der Waals surface area contributed by atoms with Gasteiger partial charge >= 0.3 is 0 Å². The third kappa shape index (κ3) is 4.80. The second kappa shape index (κ2) is 7.07. The van der Waals surface area contributed by atoms with E-state index in [0.717, 1.165) is 0 Å². The van der Waals surface area contributed by atoms with E-state index in [0.29, 0.717) is 0 Å². The minimum atomic E-state index is 0. The van der Waals surface area contributed by atoms with Gasteiger partial charge in [-0.05, 0) is 38.9 Å². The van der Waals surface area contributed by atoms with E-state index in [9.17, 15) is 0 Å². The van der Waals surface area contributed by atoms with Gasteiger partial charge in [-0.1, -0.05) is 20.8 Å². The average molecular weight is 144 g/mol. The lowest BCUT2D eigenvalue weighted by Crippen LogP contribution is -2.25. The molecule has 0 aliphatic rings. The van der Waals surface area contributed by atoms with Gasteiger partial charge in [-0.15, -0.1) is 0 Å². The zero-order chi connectivity index (χ0) is 7.82. The molecule has 0 atom stereocenters. The maximum absolute atomic E-state index is 2.54. The fourth-order valence-corrected chi connectivity index (χ4v) is 1.28. The molecule has 0 bridgehead atoms. The topological polar surface area (TPSA) is 3.24 Å². The maximum Gasteiger partial charge on any atom is 0 e. The molecular weight excluding hydrogens is 122 g/mol. The first-order valence-electron chi connectivity index (χ1n) is 4.57. The lowest BCUT2D eigenvalue weighted by Gasteiger charge is -2.19. The molecule has 1 nitrogen and oxygen atoms in total. The molecule has 0 heterocycles. The second-order valence-electron chi connectivity index (χ2n) is 2.84. The van der Waals surface area contributed by atoms with Gasteiger partial charge in [0.25, 0.3) is 0 Å². The Morgan fingerprint density at radius 2 is 1.10 bits per heavy atom. The first kappa shape index (κ1) is 9.96. The summed E-state index contributed by atoms with van der Waals surface area (Å²) in [6.07, 6.45) is 3.88. The minimum absolute atomic E-state index is 0. The highest BCUT2D eigenvalue weighted by molar-refractivity contribution is 4.53. The van der Waals surface area contributed by atoms with Gasteiger partial charge in [0.15, 0.2) is 0 Å². The van der Waals surface area contributed by atoms with Gasteiger partial charge in [0.1, 0.15) is 0 Å². The van der Waals surface area contributed by atoms with E-state index in [-0.39, 0.29) is 1.43 Å². The standard InChI is InChI=1S/C9H21N.H/c1-4-7-10(8-5-2)9-6-3;/h4-9H2,1-3H3;. The summed E-state index contributed by atoms with van der Waals surface area (Å²) in [6, 6.07) is 0. The van der Waals surface area contributed by atoms with Crippen LogP contribution in [0.3, 0.4) is 0 Å². The SMILES string of the molecule is CCCN(CCC)CCC.[H]. The van der Waals surface area contributed by atoms with Crippen molar-refractivity contribution in [1.82, 2.24) is 4.90 Å². The minimum Gasteiger partial charge on any atom is -0.303 e. The third-order valence-corrected chi connectivity index (χ3v) is 1.62. The van der Waals surface area contributed by atoms with Crippen molar-refractivity contribution in [1.29, 1.82) is 0 Å². The van der Waals surface area contributed by atoms with E-state index >= 15 is 0 Å². The summed E-state index contributed by atoms with van der Waals surface area (Å²) in [5.41, 5.74) is 0. The van der Waals surface area contributed by atoms with Crippen LogP contribution < -0.4 is 0 Å². The molecule has 0 saturated heterocycles. The van der Waals surface area contributed by atoms with Crippen molar-refractivity contribution >= 4 is 0 Å². The Morgan fingerprint density at radius 3 is 1.30 bits per heavy atom. The summed E-state index contributed by atoms with van der Waals surface area (Å²) in [5, 5.41) is 0. The maximum atomic E-state index is 2.54. The van der Waals surface area contributed by atoms with Gasteiger partial charge in [0, 0.05) is 1.43 Å². The van der Waals surface area contributed by atoms with Gasteiger partial charge < -0.3 is 4.90 Å². The van der Waals surface area contributed by atoms with E-state index < -0.39 is 0 Å². The molecule has 10 heavy (non-hydrogen) atoms. The number of rotatable bonds is 6. The number of hydrogen-bond donors (Lipinski definition) is 0. The van der Waals surface area contributed by atoms with Crippen molar-refractivity contribution in [3.8, 4) is 0 Å². The zero-order valence-corrected chi connectivity index (χ0v) is 7.69. The summed E-state index contributed by atoms with van der Waals surface area (Å²) in [6.45, 7) is 10.6. The summed E-state index contributed by atoms with van der Waals surface area (Å²) < 4.78 is 0. The average Bonchev–Trinajstić information content (AvgIpc) is 1.90. The Labute approximate surface area is 66.9 Å². The Kier molecular flexibility index (Phi) is 7.04. The molecule has 0 aromatic rings. The lowest BCUT2D eigenvalue weighted by atomic mass is 10.3. The van der Waals surface area contributed by atoms with Crippen LogP contribution in [-0.2, 0) is 0 Å². The van der Waals surface area contributed by atoms with E-state index in [1.165, 1.54) is 38.9 Å². The van der Waals surface area contributed by atoms with Crippen molar-refractivity contribution in [2.45, 2.75) is 40.0 Å². The summed E-state index contributed by atoms with van der Waals surface area (Å²) in [7, 11) is 0. The van der Waals surface area contributed by atoms with Gasteiger partial charge in [-0.3, -0.25) is 0 Å². The first-order valence-corrected chi connectivity index (χ1v) is 4.57. The second-order valence-corrected chi connectivity index (χ2v) is 2.84. The molecule has 1 heteroatoms. The first-order chi connectivity index (χ1) is 4.85. The largest absolute Gasteiger partial charge is 0.303 e. The fraction of sp³-hybridized carbons (Fsp3) is 1.00. The Hall–Kier alpha value is -0.0400. The summed E-state index contributed by atoms with van der Waals surface area (Å²) in [5.74, 6) is 0. The highest BCUT2D eigenvalue weighted by Crippen LogP contribution is 1.94. The number of hydrogen-bond acceptors (Lipinski definition) is 1. The molecule has 63 valence electrons. The molecular formula is C9H22N. The molecule has 0 aromatic heterocycles. The Balaban J connectivity index is 0. The molecule has 0 N–H and O–H groups in total. The molecule has 0 aromatic carbocycles. The smallest absolute Gasteiger partial charge is 0 e. The van der Waals surface area contributed by atoms with Gasteiger partial charge in [0.05, 0.1) is 0 Å². The van der Waals surface area contributed by atoms with Crippen LogP contribution in [0.15, 0.2) is 0 Å².